The second-order valence-corrected chi connectivity index (χ2v) is 12.2. The van der Waals surface area contributed by atoms with Gasteiger partial charge >= 0.3 is 0 Å². The van der Waals surface area contributed by atoms with Gasteiger partial charge in [0.05, 0.1) is 6.54 Å². The van der Waals surface area contributed by atoms with Crippen molar-refractivity contribution in [2.24, 2.45) is 4.36 Å². The third-order valence-corrected chi connectivity index (χ3v) is 7.16. The smallest absolute Gasteiger partial charge is 0.278 e. The lowest BCUT2D eigenvalue weighted by molar-refractivity contribution is 0.271. The first-order chi connectivity index (χ1) is 18.8. The summed E-state index contributed by atoms with van der Waals surface area (Å²) in [7, 11) is -2.41. The van der Waals surface area contributed by atoms with E-state index in [1.165, 1.54) is 16.6 Å². The van der Waals surface area contributed by atoms with Gasteiger partial charge < -0.3 is 15.1 Å². The standard InChI is InChI=1S/C27H33N9O2S/c1-5-14-35-26(37)22-19-28-27(29-20-10-12-21(13-11-20)34-17-15-33(6-2)16-18-34)31-25(22)36(35)24-9-7-8-23(30-24)32-39(3,4)38/h5,7-13,19H,1,6,14-18H2,2-4H3,(H,28,29,31). The molecule has 1 aliphatic heterocycles. The third kappa shape index (κ3) is 5.86. The van der Waals surface area contributed by atoms with Crippen LogP contribution in [0.2, 0.25) is 0 Å². The predicted octanol–water partition coefficient (Wildman–Crippen LogP) is 3.41. The third-order valence-electron chi connectivity index (χ3n) is 6.54. The highest BCUT2D eigenvalue weighted by Crippen LogP contribution is 2.23. The van der Waals surface area contributed by atoms with Gasteiger partial charge in [-0.2, -0.15) is 9.35 Å². The second-order valence-electron chi connectivity index (χ2n) is 9.64. The summed E-state index contributed by atoms with van der Waals surface area (Å²) in [6.07, 6.45) is 6.24. The number of hydrogen-bond donors (Lipinski definition) is 1. The van der Waals surface area contributed by atoms with Gasteiger partial charge in [0.15, 0.2) is 17.3 Å². The molecule has 3 aromatic heterocycles. The summed E-state index contributed by atoms with van der Waals surface area (Å²) in [5.41, 5.74) is 2.15. The van der Waals surface area contributed by atoms with Crippen molar-refractivity contribution < 1.29 is 4.21 Å². The Morgan fingerprint density at radius 2 is 1.82 bits per heavy atom. The molecular formula is C27H33N9O2S. The molecule has 0 bridgehead atoms. The Bertz CT molecular complexity index is 1670. The molecule has 1 aromatic carbocycles. The molecule has 11 nitrogen and oxygen atoms in total. The summed E-state index contributed by atoms with van der Waals surface area (Å²) in [6.45, 7) is 11.5. The molecule has 0 radical (unpaired) electrons. The average Bonchev–Trinajstić information content (AvgIpc) is 3.19. The molecule has 0 unspecified atom stereocenters. The van der Waals surface area contributed by atoms with E-state index < -0.39 is 9.73 Å². The molecule has 1 saturated heterocycles. The molecule has 1 fully saturated rings. The molecular weight excluding hydrogens is 514 g/mol. The Morgan fingerprint density at radius 1 is 1.08 bits per heavy atom. The lowest BCUT2D eigenvalue weighted by atomic mass is 10.2. The lowest BCUT2D eigenvalue weighted by Gasteiger charge is -2.35. The van der Waals surface area contributed by atoms with Crippen LogP contribution in [0.3, 0.4) is 0 Å². The van der Waals surface area contributed by atoms with Crippen LogP contribution in [-0.4, -0.2) is 78.7 Å². The van der Waals surface area contributed by atoms with Crippen LogP contribution in [-0.2, 0) is 16.3 Å². The number of aromatic nitrogens is 5. The number of nitrogens with one attached hydrogen (secondary N) is 1. The van der Waals surface area contributed by atoms with E-state index >= 15 is 0 Å². The number of fused-ring (bicyclic) bond motifs is 1. The maximum atomic E-state index is 13.2. The second kappa shape index (κ2) is 11.0. The SMILES string of the molecule is C=CCn1c(=O)c2cnc(Nc3ccc(N4CCN(CC)CC4)cc3)nc2n1-c1cccc(N=S(C)(C)=O)n1. The number of hydrogen-bond acceptors (Lipinski definition) is 9. The van der Waals surface area contributed by atoms with Crippen LogP contribution in [0.25, 0.3) is 16.9 Å². The van der Waals surface area contributed by atoms with Crippen molar-refractivity contribution in [3.8, 4) is 5.82 Å². The highest BCUT2D eigenvalue weighted by atomic mass is 32.2. The van der Waals surface area contributed by atoms with Gasteiger partial charge in [-0.25, -0.2) is 23.5 Å². The summed E-state index contributed by atoms with van der Waals surface area (Å²) in [5, 5.41) is 3.60. The molecule has 0 amide bonds. The monoisotopic (exact) mass is 547 g/mol. The summed E-state index contributed by atoms with van der Waals surface area (Å²) in [4.78, 5) is 31.7. The molecule has 0 atom stereocenters. The van der Waals surface area contributed by atoms with Gasteiger partial charge in [0.1, 0.15) is 5.39 Å². The molecule has 0 saturated carbocycles. The van der Waals surface area contributed by atoms with Crippen molar-refractivity contribution in [2.45, 2.75) is 13.5 Å². The van der Waals surface area contributed by atoms with Gasteiger partial charge in [-0.15, -0.1) is 6.58 Å². The average molecular weight is 548 g/mol. The zero-order valence-electron chi connectivity index (χ0n) is 22.4. The van der Waals surface area contributed by atoms with Crippen LogP contribution >= 0.6 is 0 Å². The normalized spacial score (nSPS) is 14.5. The highest BCUT2D eigenvalue weighted by Gasteiger charge is 2.19. The molecule has 12 heteroatoms. The van der Waals surface area contributed by atoms with Crippen LogP contribution in [0, 0.1) is 0 Å². The fourth-order valence-electron chi connectivity index (χ4n) is 4.62. The summed E-state index contributed by atoms with van der Waals surface area (Å²) >= 11 is 0. The van der Waals surface area contributed by atoms with Crippen molar-refractivity contribution in [1.29, 1.82) is 0 Å². The fourth-order valence-corrected chi connectivity index (χ4v) is 5.17. The first-order valence-corrected chi connectivity index (χ1v) is 15.2. The first kappa shape index (κ1) is 26.6. The van der Waals surface area contributed by atoms with E-state index in [1.54, 1.807) is 41.5 Å². The molecule has 0 spiro atoms. The molecule has 4 heterocycles. The Morgan fingerprint density at radius 3 is 2.49 bits per heavy atom. The van der Waals surface area contributed by atoms with Gasteiger partial charge in [0.2, 0.25) is 5.95 Å². The minimum atomic E-state index is -2.41. The number of benzene rings is 1. The Hall–Kier alpha value is -4.03. The molecule has 5 rings (SSSR count). The zero-order valence-corrected chi connectivity index (χ0v) is 23.3. The minimum Gasteiger partial charge on any atom is -0.369 e. The maximum absolute atomic E-state index is 13.2. The number of allylic oxidation sites excluding steroid dienone is 1. The van der Waals surface area contributed by atoms with Crippen LogP contribution < -0.4 is 15.8 Å². The zero-order chi connectivity index (χ0) is 27.6. The van der Waals surface area contributed by atoms with Crippen molar-refractivity contribution in [3.05, 3.63) is 71.7 Å². The number of likely N-dealkylation sites (N-methyl/N-ethyl adjacent to an activating group) is 1. The van der Waals surface area contributed by atoms with E-state index in [1.807, 2.05) is 12.1 Å². The van der Waals surface area contributed by atoms with Crippen LogP contribution in [0.5, 0.6) is 0 Å². The first-order valence-electron chi connectivity index (χ1n) is 12.8. The molecule has 1 aliphatic rings. The summed E-state index contributed by atoms with van der Waals surface area (Å²) < 4.78 is 19.5. The number of nitrogens with zero attached hydrogens (tertiary/aromatic N) is 8. The van der Waals surface area contributed by atoms with Gasteiger partial charge in [0.25, 0.3) is 5.56 Å². The molecule has 39 heavy (non-hydrogen) atoms. The minimum absolute atomic E-state index is 0.243. The van der Waals surface area contributed by atoms with Gasteiger partial charge in [-0.1, -0.05) is 19.1 Å². The highest BCUT2D eigenvalue weighted by molar-refractivity contribution is 7.92. The number of rotatable bonds is 8. The Labute approximate surface area is 228 Å². The molecule has 204 valence electrons. The number of anilines is 3. The molecule has 1 N–H and O–H groups in total. The number of pyridine rings is 1. The summed E-state index contributed by atoms with van der Waals surface area (Å²) in [6, 6.07) is 13.4. The number of piperazine rings is 1. The van der Waals surface area contributed by atoms with E-state index in [4.69, 9.17) is 0 Å². The van der Waals surface area contributed by atoms with Crippen molar-refractivity contribution in [1.82, 2.24) is 29.2 Å². The Balaban J connectivity index is 1.48. The predicted molar refractivity (Wildman–Crippen MR) is 157 cm³/mol. The maximum Gasteiger partial charge on any atom is 0.278 e. The Kier molecular flexibility index (Phi) is 7.49. The molecule has 0 aliphatic carbocycles. The fraction of sp³-hybridized carbons (Fsp3) is 0.333. The van der Waals surface area contributed by atoms with E-state index in [2.05, 4.69) is 60.1 Å². The van der Waals surface area contributed by atoms with Gasteiger partial charge in [-0.05, 0) is 42.9 Å². The van der Waals surface area contributed by atoms with Crippen LogP contribution in [0.1, 0.15) is 6.92 Å². The largest absolute Gasteiger partial charge is 0.369 e. The van der Waals surface area contributed by atoms with E-state index in [0.717, 1.165) is 38.4 Å². The van der Waals surface area contributed by atoms with Crippen molar-refractivity contribution >= 4 is 43.9 Å². The van der Waals surface area contributed by atoms with Crippen molar-refractivity contribution in [3.63, 3.8) is 0 Å². The molecule has 4 aromatic rings. The van der Waals surface area contributed by atoms with Crippen LogP contribution in [0.4, 0.5) is 23.1 Å². The lowest BCUT2D eigenvalue weighted by Crippen LogP contribution is -2.46. The quantitative estimate of drug-likeness (QED) is 0.334. The van der Waals surface area contributed by atoms with Gasteiger partial charge in [0, 0.05) is 66.0 Å². The topological polar surface area (TPSA) is 114 Å². The van der Waals surface area contributed by atoms with E-state index in [0.29, 0.717) is 28.6 Å². The van der Waals surface area contributed by atoms with E-state index in [9.17, 15) is 9.00 Å². The van der Waals surface area contributed by atoms with Crippen molar-refractivity contribution in [2.75, 3.05) is 55.5 Å². The summed E-state index contributed by atoms with van der Waals surface area (Å²) in [5.74, 6) is 1.08. The van der Waals surface area contributed by atoms with Crippen LogP contribution in [0.15, 0.2) is 70.5 Å². The van der Waals surface area contributed by atoms with E-state index in [-0.39, 0.29) is 12.1 Å². The van der Waals surface area contributed by atoms with Gasteiger partial charge in [-0.3, -0.25) is 4.79 Å².